The number of aliphatic hydroxyl groups excluding tert-OH is 1. The van der Waals surface area contributed by atoms with E-state index in [1.165, 1.54) is 17.4 Å². The van der Waals surface area contributed by atoms with Crippen LogP contribution in [0.4, 0.5) is 0 Å². The second-order valence-electron chi connectivity index (χ2n) is 4.55. The van der Waals surface area contributed by atoms with Crippen molar-refractivity contribution in [3.8, 4) is 0 Å². The lowest BCUT2D eigenvalue weighted by atomic mass is 10.1. The molecule has 1 aliphatic carbocycles. The van der Waals surface area contributed by atoms with Gasteiger partial charge in [-0.2, -0.15) is 0 Å². The molecule has 0 bridgehead atoms. The third-order valence-electron chi connectivity index (χ3n) is 3.07. The van der Waals surface area contributed by atoms with Crippen LogP contribution in [0.3, 0.4) is 0 Å². The van der Waals surface area contributed by atoms with Gasteiger partial charge in [-0.1, -0.05) is 11.6 Å². The zero-order valence-corrected chi connectivity index (χ0v) is 11.5. The first-order valence-electron chi connectivity index (χ1n) is 6.03. The summed E-state index contributed by atoms with van der Waals surface area (Å²) >= 11 is 7.24. The molecule has 1 saturated carbocycles. The number of amides is 1. The molecule has 0 spiro atoms. The van der Waals surface area contributed by atoms with E-state index in [0.29, 0.717) is 12.5 Å². The predicted octanol–water partition coefficient (Wildman–Crippen LogP) is 2.69. The smallest absolute Gasteiger partial charge is 0.244 e. The van der Waals surface area contributed by atoms with Crippen molar-refractivity contribution in [1.29, 1.82) is 0 Å². The van der Waals surface area contributed by atoms with Gasteiger partial charge in [0.05, 0.1) is 10.4 Å². The highest BCUT2D eigenvalue weighted by molar-refractivity contribution is 7.17. The molecule has 2 N–H and O–H groups in total. The van der Waals surface area contributed by atoms with Crippen LogP contribution in [0.5, 0.6) is 0 Å². The van der Waals surface area contributed by atoms with E-state index in [4.69, 9.17) is 11.6 Å². The summed E-state index contributed by atoms with van der Waals surface area (Å²) in [4.78, 5) is 12.5. The molecule has 1 aromatic heterocycles. The zero-order chi connectivity index (χ0) is 13.0. The van der Waals surface area contributed by atoms with Crippen molar-refractivity contribution in [3.05, 3.63) is 27.4 Å². The van der Waals surface area contributed by atoms with E-state index >= 15 is 0 Å². The second kappa shape index (κ2) is 6.36. The summed E-state index contributed by atoms with van der Waals surface area (Å²) in [6.07, 6.45) is 5.74. The number of hydrogen-bond donors (Lipinski definition) is 2. The Hall–Kier alpha value is -0.840. The molecule has 3 nitrogen and oxygen atoms in total. The van der Waals surface area contributed by atoms with Gasteiger partial charge in [0.15, 0.2) is 0 Å². The Morgan fingerprint density at radius 2 is 2.39 bits per heavy atom. The molecule has 2 atom stereocenters. The number of rotatable bonds is 4. The van der Waals surface area contributed by atoms with E-state index in [2.05, 4.69) is 5.32 Å². The molecule has 2 unspecified atom stereocenters. The molecule has 0 aromatic carbocycles. The van der Waals surface area contributed by atoms with E-state index in [1.54, 1.807) is 6.08 Å². The van der Waals surface area contributed by atoms with Crippen LogP contribution in [0.15, 0.2) is 18.2 Å². The van der Waals surface area contributed by atoms with Gasteiger partial charge in [0.25, 0.3) is 0 Å². The normalized spacial score (nSPS) is 23.7. The number of halogens is 1. The maximum Gasteiger partial charge on any atom is 0.244 e. The summed E-state index contributed by atoms with van der Waals surface area (Å²) in [6.45, 7) is 0.644. The van der Waals surface area contributed by atoms with Gasteiger partial charge in [0.2, 0.25) is 5.91 Å². The lowest BCUT2D eigenvalue weighted by Crippen LogP contribution is -2.26. The van der Waals surface area contributed by atoms with Crippen LogP contribution in [0.25, 0.3) is 6.08 Å². The monoisotopic (exact) mass is 285 g/mol. The Morgan fingerprint density at radius 3 is 3.00 bits per heavy atom. The molecule has 98 valence electrons. The van der Waals surface area contributed by atoms with E-state index in [0.717, 1.165) is 28.5 Å². The maximum absolute atomic E-state index is 11.6. The predicted molar refractivity (Wildman–Crippen MR) is 74.7 cm³/mol. The first-order valence-corrected chi connectivity index (χ1v) is 7.22. The molecule has 1 amide bonds. The molecule has 18 heavy (non-hydrogen) atoms. The fourth-order valence-corrected chi connectivity index (χ4v) is 3.08. The Bertz CT molecular complexity index is 444. The minimum absolute atomic E-state index is 0.0964. The third kappa shape index (κ3) is 4.12. The van der Waals surface area contributed by atoms with Crippen LogP contribution in [0, 0.1) is 5.92 Å². The Morgan fingerprint density at radius 1 is 1.56 bits per heavy atom. The molecule has 0 saturated heterocycles. The summed E-state index contributed by atoms with van der Waals surface area (Å²) in [6, 6.07) is 3.69. The fourth-order valence-electron chi connectivity index (χ4n) is 2.11. The molecule has 0 radical (unpaired) electrons. The number of thiophene rings is 1. The van der Waals surface area contributed by atoms with Crippen LogP contribution in [-0.4, -0.2) is 23.7 Å². The van der Waals surface area contributed by atoms with Crippen molar-refractivity contribution < 1.29 is 9.90 Å². The van der Waals surface area contributed by atoms with Crippen LogP contribution in [-0.2, 0) is 4.79 Å². The molecule has 1 aromatic rings. The summed E-state index contributed by atoms with van der Waals surface area (Å²) in [7, 11) is 0. The Balaban J connectivity index is 1.73. The molecular formula is C13H16ClNO2S. The number of aliphatic hydroxyl groups is 1. The van der Waals surface area contributed by atoms with E-state index in [-0.39, 0.29) is 12.0 Å². The number of hydrogen-bond acceptors (Lipinski definition) is 3. The van der Waals surface area contributed by atoms with Gasteiger partial charge in [-0.15, -0.1) is 11.3 Å². The van der Waals surface area contributed by atoms with Gasteiger partial charge in [-0.25, -0.2) is 0 Å². The van der Waals surface area contributed by atoms with Gasteiger partial charge in [-0.3, -0.25) is 4.79 Å². The topological polar surface area (TPSA) is 49.3 Å². The van der Waals surface area contributed by atoms with E-state index in [1.807, 2.05) is 12.1 Å². The Labute approximate surface area is 115 Å². The molecule has 1 aliphatic rings. The highest BCUT2D eigenvalue weighted by atomic mass is 35.5. The highest BCUT2D eigenvalue weighted by Gasteiger charge is 2.22. The standard InChI is InChI=1S/C13H16ClNO2S/c14-12-5-3-11(18-12)4-6-13(17)15-8-9-1-2-10(16)7-9/h3-6,9-10,16H,1-2,7-8H2,(H,15,17)/b6-4+. The quantitative estimate of drug-likeness (QED) is 0.836. The van der Waals surface area contributed by atoms with Gasteiger partial charge >= 0.3 is 0 Å². The van der Waals surface area contributed by atoms with Crippen LogP contribution >= 0.6 is 22.9 Å². The average molecular weight is 286 g/mol. The van der Waals surface area contributed by atoms with Gasteiger partial charge < -0.3 is 10.4 Å². The molecule has 1 fully saturated rings. The molecule has 5 heteroatoms. The number of carbonyl (C=O) groups excluding carboxylic acids is 1. The van der Waals surface area contributed by atoms with Crippen LogP contribution in [0.1, 0.15) is 24.1 Å². The first kappa shape index (κ1) is 13.6. The summed E-state index contributed by atoms with van der Waals surface area (Å²) in [5.74, 6) is 0.314. The number of nitrogens with one attached hydrogen (secondary N) is 1. The highest BCUT2D eigenvalue weighted by Crippen LogP contribution is 2.24. The van der Waals surface area contributed by atoms with Crippen molar-refractivity contribution in [2.24, 2.45) is 5.92 Å². The van der Waals surface area contributed by atoms with Crippen molar-refractivity contribution in [2.75, 3.05) is 6.54 Å². The number of carbonyl (C=O) groups is 1. The minimum Gasteiger partial charge on any atom is -0.393 e. The minimum atomic E-state index is -0.185. The molecular weight excluding hydrogens is 270 g/mol. The Kier molecular flexibility index (Phi) is 4.80. The molecule has 1 heterocycles. The maximum atomic E-state index is 11.6. The molecule has 0 aliphatic heterocycles. The lowest BCUT2D eigenvalue weighted by Gasteiger charge is -2.08. The van der Waals surface area contributed by atoms with Crippen LogP contribution < -0.4 is 5.32 Å². The first-order chi connectivity index (χ1) is 8.63. The van der Waals surface area contributed by atoms with Gasteiger partial charge in [-0.05, 0) is 43.4 Å². The largest absolute Gasteiger partial charge is 0.393 e. The van der Waals surface area contributed by atoms with Gasteiger partial charge in [0, 0.05) is 17.5 Å². The fraction of sp³-hybridized carbons (Fsp3) is 0.462. The average Bonchev–Trinajstić information content (AvgIpc) is 2.93. The van der Waals surface area contributed by atoms with E-state index in [9.17, 15) is 9.90 Å². The lowest BCUT2D eigenvalue weighted by molar-refractivity contribution is -0.116. The summed E-state index contributed by atoms with van der Waals surface area (Å²) < 4.78 is 0.718. The van der Waals surface area contributed by atoms with Crippen molar-refractivity contribution in [2.45, 2.75) is 25.4 Å². The summed E-state index contributed by atoms with van der Waals surface area (Å²) in [5.41, 5.74) is 0. The summed E-state index contributed by atoms with van der Waals surface area (Å²) in [5, 5.41) is 12.2. The molecule has 2 rings (SSSR count). The zero-order valence-electron chi connectivity index (χ0n) is 9.93. The third-order valence-corrected chi connectivity index (χ3v) is 4.27. The van der Waals surface area contributed by atoms with Crippen molar-refractivity contribution >= 4 is 34.9 Å². The second-order valence-corrected chi connectivity index (χ2v) is 6.30. The SMILES string of the molecule is O=C(/C=C/c1ccc(Cl)s1)NCC1CCC(O)C1. The van der Waals surface area contributed by atoms with E-state index < -0.39 is 0 Å². The van der Waals surface area contributed by atoms with Crippen LogP contribution in [0.2, 0.25) is 4.34 Å². The van der Waals surface area contributed by atoms with Gasteiger partial charge in [0.1, 0.15) is 0 Å². The van der Waals surface area contributed by atoms with Crippen molar-refractivity contribution in [1.82, 2.24) is 5.32 Å². The van der Waals surface area contributed by atoms with Crippen molar-refractivity contribution in [3.63, 3.8) is 0 Å².